The molecular weight excluding hydrogens is 523 g/mol. The number of nitrogen functional groups attached to an aromatic ring is 1. The van der Waals surface area contributed by atoms with Crippen LogP contribution in [0.25, 0.3) is 11.2 Å². The minimum Gasteiger partial charge on any atom is -0.462 e. The molecule has 6 N–H and O–H groups in total. The van der Waals surface area contributed by atoms with Crippen LogP contribution in [0.5, 0.6) is 5.75 Å². The van der Waals surface area contributed by atoms with Crippen LogP contribution in [0.4, 0.5) is 5.82 Å². The van der Waals surface area contributed by atoms with Crippen molar-refractivity contribution in [3.8, 4) is 5.75 Å². The first-order valence-electron chi connectivity index (χ1n) is 11.7. The molecule has 1 aromatic carbocycles. The summed E-state index contributed by atoms with van der Waals surface area (Å²) < 4.78 is 37.7. The number of nitrogens with zero attached hydrogens (tertiary/aromatic N) is 4. The van der Waals surface area contributed by atoms with Gasteiger partial charge in [-0.1, -0.05) is 27.9 Å². The molecule has 16 heteroatoms. The summed E-state index contributed by atoms with van der Waals surface area (Å²) in [5.41, 5.74) is 6.13. The summed E-state index contributed by atoms with van der Waals surface area (Å²) in [5.74, 6) is -0.554. The maximum absolute atomic E-state index is 13.7. The van der Waals surface area contributed by atoms with Crippen molar-refractivity contribution in [3.63, 3.8) is 0 Å². The molecule has 1 aliphatic heterocycles. The molecule has 0 aliphatic carbocycles. The van der Waals surface area contributed by atoms with E-state index in [1.807, 2.05) is 0 Å². The highest BCUT2D eigenvalue weighted by Crippen LogP contribution is 2.46. The Kier molecular flexibility index (Phi) is 8.16. The Labute approximate surface area is 217 Å². The number of ether oxygens (including phenoxy) is 2. The van der Waals surface area contributed by atoms with Crippen LogP contribution in [0.15, 0.2) is 43.0 Å². The molecule has 6 atom stereocenters. The molecule has 1 fully saturated rings. The number of rotatable bonds is 10. The molecule has 0 amide bonds. The smallest absolute Gasteiger partial charge is 0.459 e. The SMILES string of the molecule is CC(C)OC(=O)[C@@H](C)NP(=O)(OC[C@H]1O[C@H](n2cnc3c(N)[n+](O)cnc32)[C@H](O)[C@@H]1O)Oc1ccccc1. The topological polar surface area (TPSA) is 204 Å². The predicted molar refractivity (Wildman–Crippen MR) is 130 cm³/mol. The number of nitrogens with one attached hydrogen (secondary N) is 1. The number of fused-ring (bicyclic) bond motifs is 1. The molecule has 0 bridgehead atoms. The molecule has 38 heavy (non-hydrogen) atoms. The van der Waals surface area contributed by atoms with Crippen molar-refractivity contribution in [1.29, 1.82) is 0 Å². The third kappa shape index (κ3) is 5.88. The summed E-state index contributed by atoms with van der Waals surface area (Å²) in [6.45, 7) is 4.30. The van der Waals surface area contributed by atoms with Crippen molar-refractivity contribution in [3.05, 3.63) is 43.0 Å². The molecule has 206 valence electrons. The minimum atomic E-state index is -4.23. The number of nitrogens with two attached hydrogens (primary N) is 1. The lowest BCUT2D eigenvalue weighted by Gasteiger charge is -2.25. The molecule has 3 heterocycles. The zero-order valence-corrected chi connectivity index (χ0v) is 21.7. The van der Waals surface area contributed by atoms with E-state index in [1.165, 1.54) is 17.8 Å². The molecule has 1 aliphatic rings. The number of benzene rings is 1. The highest BCUT2D eigenvalue weighted by molar-refractivity contribution is 7.52. The number of para-hydroxylation sites is 1. The zero-order valence-electron chi connectivity index (χ0n) is 20.8. The summed E-state index contributed by atoms with van der Waals surface area (Å²) in [6.07, 6.45) is -3.30. The lowest BCUT2D eigenvalue weighted by atomic mass is 10.1. The van der Waals surface area contributed by atoms with Crippen LogP contribution >= 0.6 is 7.75 Å². The molecule has 3 aromatic rings. The van der Waals surface area contributed by atoms with Gasteiger partial charge in [-0.3, -0.25) is 13.9 Å². The molecule has 1 saturated heterocycles. The summed E-state index contributed by atoms with van der Waals surface area (Å²) in [6, 6.07) is 7.09. The molecule has 0 saturated carbocycles. The van der Waals surface area contributed by atoms with Crippen molar-refractivity contribution in [2.24, 2.45) is 0 Å². The van der Waals surface area contributed by atoms with Gasteiger partial charge in [0, 0.05) is 0 Å². The number of carbonyl (C=O) groups is 1. The number of anilines is 1. The fraction of sp³-hybridized carbons (Fsp3) is 0.455. The Balaban J connectivity index is 1.51. The summed E-state index contributed by atoms with van der Waals surface area (Å²) in [5, 5.41) is 33.6. The third-order valence-electron chi connectivity index (χ3n) is 5.59. The number of hydrogen-bond acceptors (Lipinski definition) is 12. The van der Waals surface area contributed by atoms with Crippen molar-refractivity contribution in [2.45, 2.75) is 57.5 Å². The van der Waals surface area contributed by atoms with Crippen molar-refractivity contribution < 1.29 is 48.0 Å². The zero-order chi connectivity index (χ0) is 27.6. The first-order valence-corrected chi connectivity index (χ1v) is 13.2. The molecule has 2 aromatic heterocycles. The third-order valence-corrected chi connectivity index (χ3v) is 7.24. The number of aliphatic hydroxyl groups excluding tert-OH is 2. The quantitative estimate of drug-likeness (QED) is 0.0992. The first kappa shape index (κ1) is 27.7. The minimum absolute atomic E-state index is 0.0862. The second kappa shape index (κ2) is 11.2. The van der Waals surface area contributed by atoms with Crippen molar-refractivity contribution >= 4 is 30.7 Å². The number of imidazole rings is 1. The monoisotopic (exact) mass is 553 g/mol. The lowest BCUT2D eigenvalue weighted by molar-refractivity contribution is -0.894. The molecule has 1 unspecified atom stereocenters. The van der Waals surface area contributed by atoms with Gasteiger partial charge in [0.25, 0.3) is 12.1 Å². The number of esters is 1. The van der Waals surface area contributed by atoms with E-state index < -0.39 is 57.0 Å². The van der Waals surface area contributed by atoms with Gasteiger partial charge in [0.05, 0.1) is 12.7 Å². The van der Waals surface area contributed by atoms with Gasteiger partial charge in [0.15, 0.2) is 6.23 Å². The Morgan fingerprint density at radius 1 is 1.24 bits per heavy atom. The Hall–Kier alpha value is -3.33. The van der Waals surface area contributed by atoms with Crippen LogP contribution in [-0.4, -0.2) is 73.0 Å². The van der Waals surface area contributed by atoms with Crippen molar-refractivity contribution in [2.75, 3.05) is 12.3 Å². The van der Waals surface area contributed by atoms with Gasteiger partial charge in [-0.15, -0.1) is 0 Å². The standard InChI is InChI=1S/C22H29N6O9P/c1-12(2)35-22(31)13(3)26-38(33,37-14-7-5-4-6-8-14)34-9-15-17(29)18(30)21(36-15)27-10-24-16-19(23)28(32)11-25-20(16)27/h4-8,10-13,15,17-18,21,23,29-30,32H,9H2,1-3H3,(H,26,33)/p+1/t13-,15-,17-,18-,21+,38?/m1/s1. The van der Waals surface area contributed by atoms with Gasteiger partial charge in [-0.25, -0.2) is 9.55 Å². The van der Waals surface area contributed by atoms with E-state index in [1.54, 1.807) is 44.2 Å². The molecular formula is C22H30N6O9P+. The number of aromatic nitrogens is 4. The molecule has 4 rings (SSSR count). The molecule has 0 radical (unpaired) electrons. The van der Waals surface area contributed by atoms with E-state index in [0.717, 1.165) is 6.33 Å². The van der Waals surface area contributed by atoms with E-state index >= 15 is 0 Å². The fourth-order valence-electron chi connectivity index (χ4n) is 3.73. The average molecular weight is 553 g/mol. The normalized spacial score (nSPS) is 23.8. The van der Waals surface area contributed by atoms with E-state index in [-0.39, 0.29) is 22.7 Å². The van der Waals surface area contributed by atoms with Crippen LogP contribution in [0.1, 0.15) is 27.0 Å². The van der Waals surface area contributed by atoms with Gasteiger partial charge >= 0.3 is 13.7 Å². The number of hydrogen-bond donors (Lipinski definition) is 5. The Bertz CT molecular complexity index is 1320. The fourth-order valence-corrected chi connectivity index (χ4v) is 5.23. The van der Waals surface area contributed by atoms with E-state index in [2.05, 4.69) is 15.1 Å². The van der Waals surface area contributed by atoms with Gasteiger partial charge < -0.3 is 35.2 Å². The van der Waals surface area contributed by atoms with E-state index in [0.29, 0.717) is 4.73 Å². The van der Waals surface area contributed by atoms with Gasteiger partial charge in [0.2, 0.25) is 11.2 Å². The second-order valence-electron chi connectivity index (χ2n) is 8.88. The lowest BCUT2D eigenvalue weighted by Crippen LogP contribution is -2.38. The molecule has 0 spiro atoms. The van der Waals surface area contributed by atoms with Crippen molar-refractivity contribution in [1.82, 2.24) is 19.6 Å². The molecule has 15 nitrogen and oxygen atoms in total. The van der Waals surface area contributed by atoms with Gasteiger partial charge in [-0.05, 0) is 32.9 Å². The number of carbonyl (C=O) groups excluding carboxylic acids is 1. The predicted octanol–water partition coefficient (Wildman–Crippen LogP) is 0.291. The maximum atomic E-state index is 13.7. The summed E-state index contributed by atoms with van der Waals surface area (Å²) in [7, 11) is -4.23. The number of aliphatic hydroxyl groups is 2. The largest absolute Gasteiger partial charge is 0.462 e. The van der Waals surface area contributed by atoms with E-state index in [9.17, 15) is 24.8 Å². The summed E-state index contributed by atoms with van der Waals surface area (Å²) >= 11 is 0. The van der Waals surface area contributed by atoms with Crippen LogP contribution < -0.4 is 20.1 Å². The van der Waals surface area contributed by atoms with E-state index in [4.69, 9.17) is 24.3 Å². The van der Waals surface area contributed by atoms with Crippen LogP contribution in [0.3, 0.4) is 0 Å². The Morgan fingerprint density at radius 3 is 2.63 bits per heavy atom. The van der Waals surface area contributed by atoms with Crippen LogP contribution in [0.2, 0.25) is 0 Å². The van der Waals surface area contributed by atoms with Gasteiger partial charge in [0.1, 0.15) is 36.4 Å². The van der Waals surface area contributed by atoms with Gasteiger partial charge in [-0.2, -0.15) is 5.09 Å². The highest BCUT2D eigenvalue weighted by atomic mass is 31.2. The van der Waals surface area contributed by atoms with Crippen LogP contribution in [-0.2, 0) is 23.4 Å². The summed E-state index contributed by atoms with van der Waals surface area (Å²) in [4.78, 5) is 20.4. The highest BCUT2D eigenvalue weighted by Gasteiger charge is 2.46. The first-order chi connectivity index (χ1) is 18.0. The average Bonchev–Trinajstić information content (AvgIpc) is 3.41. The van der Waals surface area contributed by atoms with Crippen LogP contribution in [0, 0.1) is 0 Å². The Morgan fingerprint density at radius 2 is 1.95 bits per heavy atom. The second-order valence-corrected chi connectivity index (χ2v) is 10.6. The maximum Gasteiger partial charge on any atom is 0.459 e.